The van der Waals surface area contributed by atoms with Crippen LogP contribution in [0, 0.1) is 5.82 Å². The van der Waals surface area contributed by atoms with Gasteiger partial charge in [0.1, 0.15) is 11.6 Å². The Balaban J connectivity index is 2.47. The van der Waals surface area contributed by atoms with Crippen LogP contribution in [0.25, 0.3) is 12.2 Å². The topological polar surface area (TPSA) is 9.23 Å². The summed E-state index contributed by atoms with van der Waals surface area (Å²) in [4.78, 5) is 0. The number of fused-ring (bicyclic) bond motifs is 1. The highest BCUT2D eigenvalue weighted by atomic mass is 127. The van der Waals surface area contributed by atoms with Gasteiger partial charge in [-0.25, -0.2) is 4.39 Å². The van der Waals surface area contributed by atoms with E-state index in [9.17, 15) is 4.39 Å². The molecule has 0 saturated carbocycles. The van der Waals surface area contributed by atoms with E-state index in [4.69, 9.17) is 4.74 Å². The average molecular weight is 330 g/mol. The molecule has 0 bridgehead atoms. The van der Waals surface area contributed by atoms with E-state index in [0.29, 0.717) is 0 Å². The molecule has 0 aromatic heterocycles. The molecule has 0 atom stereocenters. The summed E-state index contributed by atoms with van der Waals surface area (Å²) in [5.41, 5.74) is 1.88. The van der Waals surface area contributed by atoms with Gasteiger partial charge in [0.05, 0.1) is 0 Å². The summed E-state index contributed by atoms with van der Waals surface area (Å²) in [7, 11) is 0. The van der Waals surface area contributed by atoms with Gasteiger partial charge in [0.15, 0.2) is 3.77 Å². The van der Waals surface area contributed by atoms with E-state index in [1.54, 1.807) is 12.1 Å². The third kappa shape index (κ3) is 2.64. The van der Waals surface area contributed by atoms with Crippen LogP contribution in [-0.2, 0) is 4.74 Å². The number of ether oxygens (including phenoxy) is 1. The van der Waals surface area contributed by atoms with Crippen LogP contribution in [0.5, 0.6) is 0 Å². The Labute approximate surface area is 108 Å². The van der Waals surface area contributed by atoms with Gasteiger partial charge in [0.25, 0.3) is 0 Å². The predicted molar refractivity (Wildman–Crippen MR) is 72.4 cm³/mol. The van der Waals surface area contributed by atoms with Gasteiger partial charge in [-0.15, -0.1) is 0 Å². The van der Waals surface area contributed by atoms with E-state index in [1.165, 1.54) is 6.07 Å². The standard InChI is InChI=1S/C13H12FIO/c1-2-3-12-7-10-6-11(14)5-4-9(10)8-13(15)16-12/h4-8H,2-3H2,1H3. The lowest BCUT2D eigenvalue weighted by atomic mass is 10.1. The highest BCUT2D eigenvalue weighted by Gasteiger charge is 2.09. The van der Waals surface area contributed by atoms with Gasteiger partial charge in [-0.05, 0) is 64.4 Å². The van der Waals surface area contributed by atoms with Gasteiger partial charge in [0, 0.05) is 6.42 Å². The first kappa shape index (κ1) is 11.6. The lowest BCUT2D eigenvalue weighted by Gasteiger charge is -2.05. The van der Waals surface area contributed by atoms with Crippen LogP contribution in [0.2, 0.25) is 0 Å². The number of halogens is 2. The molecule has 0 N–H and O–H groups in total. The number of hydrogen-bond donors (Lipinski definition) is 0. The van der Waals surface area contributed by atoms with E-state index in [2.05, 4.69) is 29.5 Å². The first-order valence-electron chi connectivity index (χ1n) is 5.24. The van der Waals surface area contributed by atoms with Crippen molar-refractivity contribution in [3.8, 4) is 0 Å². The van der Waals surface area contributed by atoms with E-state index >= 15 is 0 Å². The molecule has 16 heavy (non-hydrogen) atoms. The fourth-order valence-electron chi connectivity index (χ4n) is 1.65. The third-order valence-corrected chi connectivity index (χ3v) is 2.89. The number of rotatable bonds is 2. The summed E-state index contributed by atoms with van der Waals surface area (Å²) in [6.07, 6.45) is 5.73. The number of hydrogen-bond acceptors (Lipinski definition) is 1. The number of allylic oxidation sites excluding steroid dienone is 1. The quantitative estimate of drug-likeness (QED) is 0.713. The molecule has 1 nitrogen and oxygen atoms in total. The van der Waals surface area contributed by atoms with E-state index in [1.807, 2.05) is 12.2 Å². The van der Waals surface area contributed by atoms with Crippen molar-refractivity contribution in [3.63, 3.8) is 0 Å². The van der Waals surface area contributed by atoms with Crippen molar-refractivity contribution in [2.45, 2.75) is 19.8 Å². The number of benzene rings is 1. The zero-order chi connectivity index (χ0) is 11.5. The van der Waals surface area contributed by atoms with Gasteiger partial charge < -0.3 is 4.74 Å². The van der Waals surface area contributed by atoms with Crippen LogP contribution in [0.1, 0.15) is 30.9 Å². The summed E-state index contributed by atoms with van der Waals surface area (Å²) >= 11 is 2.15. The Morgan fingerprint density at radius 3 is 2.81 bits per heavy atom. The Bertz CT molecular complexity index is 463. The third-order valence-electron chi connectivity index (χ3n) is 2.36. The molecule has 84 valence electrons. The molecule has 0 aliphatic carbocycles. The molecule has 0 spiro atoms. The molecule has 0 unspecified atom stereocenters. The van der Waals surface area contributed by atoms with Gasteiger partial charge in [-0.1, -0.05) is 13.0 Å². The summed E-state index contributed by atoms with van der Waals surface area (Å²) in [6.45, 7) is 2.10. The Hall–Kier alpha value is -0.840. The van der Waals surface area contributed by atoms with Crippen molar-refractivity contribution in [1.29, 1.82) is 0 Å². The molecule has 0 saturated heterocycles. The van der Waals surface area contributed by atoms with Crippen LogP contribution in [-0.4, -0.2) is 0 Å². The van der Waals surface area contributed by atoms with Gasteiger partial charge in [-0.3, -0.25) is 0 Å². The average Bonchev–Trinajstić information content (AvgIpc) is 2.36. The zero-order valence-corrected chi connectivity index (χ0v) is 11.1. The highest BCUT2D eigenvalue weighted by molar-refractivity contribution is 14.1. The molecule has 0 radical (unpaired) electrons. The predicted octanol–water partition coefficient (Wildman–Crippen LogP) is 4.73. The summed E-state index contributed by atoms with van der Waals surface area (Å²) in [5, 5.41) is 0. The van der Waals surface area contributed by atoms with Crippen molar-refractivity contribution >= 4 is 34.7 Å². The lowest BCUT2D eigenvalue weighted by Crippen LogP contribution is -1.86. The van der Waals surface area contributed by atoms with Crippen LogP contribution in [0.3, 0.4) is 0 Å². The maximum Gasteiger partial charge on any atom is 0.164 e. The molecule has 2 rings (SSSR count). The monoisotopic (exact) mass is 330 g/mol. The van der Waals surface area contributed by atoms with E-state index in [0.717, 1.165) is 33.5 Å². The van der Waals surface area contributed by atoms with Crippen LogP contribution in [0.15, 0.2) is 27.7 Å². The van der Waals surface area contributed by atoms with Crippen LogP contribution < -0.4 is 0 Å². The smallest absolute Gasteiger partial charge is 0.164 e. The summed E-state index contributed by atoms with van der Waals surface area (Å²) in [5.74, 6) is 0.684. The minimum absolute atomic E-state index is 0.212. The van der Waals surface area contributed by atoms with Gasteiger partial charge >= 0.3 is 0 Å². The Kier molecular flexibility index (Phi) is 3.63. The van der Waals surface area contributed by atoms with E-state index in [-0.39, 0.29) is 5.82 Å². The van der Waals surface area contributed by atoms with Crippen molar-refractivity contribution in [2.75, 3.05) is 0 Å². The lowest BCUT2D eigenvalue weighted by molar-refractivity contribution is 0.335. The molecule has 0 amide bonds. The summed E-state index contributed by atoms with van der Waals surface area (Å²) in [6, 6.07) is 4.79. The first-order valence-corrected chi connectivity index (χ1v) is 6.32. The molecule has 0 fully saturated rings. The maximum absolute atomic E-state index is 13.1. The minimum atomic E-state index is -0.212. The highest BCUT2D eigenvalue weighted by Crippen LogP contribution is 2.28. The van der Waals surface area contributed by atoms with Crippen molar-refractivity contribution in [1.82, 2.24) is 0 Å². The first-order chi connectivity index (χ1) is 7.69. The largest absolute Gasteiger partial charge is 0.455 e. The molecular formula is C13H12FIO. The van der Waals surface area contributed by atoms with Gasteiger partial charge in [-0.2, -0.15) is 0 Å². The molecule has 1 aromatic rings. The second kappa shape index (κ2) is 4.99. The van der Waals surface area contributed by atoms with Crippen LogP contribution >= 0.6 is 22.6 Å². The molecule has 3 heteroatoms. The maximum atomic E-state index is 13.1. The zero-order valence-electron chi connectivity index (χ0n) is 8.97. The molecular weight excluding hydrogens is 318 g/mol. The SMILES string of the molecule is CCCC1=Cc2cc(F)ccc2C=C(I)O1. The normalized spacial score (nSPS) is 14.4. The Morgan fingerprint density at radius 2 is 2.06 bits per heavy atom. The van der Waals surface area contributed by atoms with Crippen LogP contribution in [0.4, 0.5) is 4.39 Å². The van der Waals surface area contributed by atoms with Crippen molar-refractivity contribution in [3.05, 3.63) is 44.7 Å². The molecule has 1 aliphatic heterocycles. The second-order valence-corrected chi connectivity index (χ2v) is 4.75. The second-order valence-electron chi connectivity index (χ2n) is 3.68. The fraction of sp³-hybridized carbons (Fsp3) is 0.231. The van der Waals surface area contributed by atoms with Gasteiger partial charge in [0.2, 0.25) is 0 Å². The minimum Gasteiger partial charge on any atom is -0.455 e. The molecule has 1 aliphatic rings. The molecule has 1 heterocycles. The van der Waals surface area contributed by atoms with Crippen molar-refractivity contribution < 1.29 is 9.13 Å². The van der Waals surface area contributed by atoms with E-state index < -0.39 is 0 Å². The fourth-order valence-corrected chi connectivity index (χ4v) is 2.27. The van der Waals surface area contributed by atoms with Crippen molar-refractivity contribution in [2.24, 2.45) is 0 Å². The summed E-state index contributed by atoms with van der Waals surface area (Å²) < 4.78 is 19.6. The molecule has 1 aromatic carbocycles. The Morgan fingerprint density at radius 1 is 1.25 bits per heavy atom.